The summed E-state index contributed by atoms with van der Waals surface area (Å²) in [5, 5.41) is 0. The summed E-state index contributed by atoms with van der Waals surface area (Å²) in [6, 6.07) is 8.53. The Bertz CT molecular complexity index is 507. The molecule has 0 aromatic heterocycles. The predicted molar refractivity (Wildman–Crippen MR) is 82.6 cm³/mol. The van der Waals surface area contributed by atoms with Gasteiger partial charge in [-0.15, -0.1) is 0 Å². The van der Waals surface area contributed by atoms with Crippen molar-refractivity contribution in [2.24, 2.45) is 5.92 Å². The van der Waals surface area contributed by atoms with Gasteiger partial charge in [0, 0.05) is 0 Å². The molecule has 0 bridgehead atoms. The molecule has 6 nitrogen and oxygen atoms in total. The maximum atomic E-state index is 12.4. The van der Waals surface area contributed by atoms with E-state index < -0.39 is 29.7 Å². The average Bonchev–Trinajstić information content (AvgIpc) is 2.53. The van der Waals surface area contributed by atoms with E-state index in [-0.39, 0.29) is 19.8 Å². The van der Waals surface area contributed by atoms with Gasteiger partial charge in [-0.2, -0.15) is 0 Å². The van der Waals surface area contributed by atoms with Crippen molar-refractivity contribution in [2.45, 2.75) is 26.7 Å². The Morgan fingerprint density at radius 2 is 1.22 bits per heavy atom. The number of benzene rings is 1. The molecule has 0 saturated carbocycles. The maximum absolute atomic E-state index is 12.4. The van der Waals surface area contributed by atoms with E-state index in [9.17, 15) is 14.4 Å². The summed E-state index contributed by atoms with van der Waals surface area (Å²) in [7, 11) is 0. The first-order valence-electron chi connectivity index (χ1n) is 7.61. The predicted octanol–water partition coefficient (Wildman–Crippen LogP) is 2.08. The molecule has 0 aliphatic heterocycles. The van der Waals surface area contributed by atoms with Crippen molar-refractivity contribution in [2.75, 3.05) is 19.8 Å². The van der Waals surface area contributed by atoms with Crippen molar-refractivity contribution in [1.29, 1.82) is 0 Å². The molecule has 23 heavy (non-hydrogen) atoms. The molecular weight excluding hydrogens is 300 g/mol. The Labute approximate surface area is 135 Å². The van der Waals surface area contributed by atoms with Crippen LogP contribution in [0.4, 0.5) is 0 Å². The van der Waals surface area contributed by atoms with E-state index in [2.05, 4.69) is 0 Å². The van der Waals surface area contributed by atoms with Crippen molar-refractivity contribution in [3.63, 3.8) is 0 Å². The third kappa shape index (κ3) is 5.09. The molecule has 1 atom stereocenters. The van der Waals surface area contributed by atoms with Crippen LogP contribution in [0.3, 0.4) is 0 Å². The smallest absolute Gasteiger partial charge is 0.321 e. The minimum absolute atomic E-state index is 0.0963. The molecule has 0 radical (unpaired) electrons. The molecule has 0 aliphatic carbocycles. The van der Waals surface area contributed by atoms with Gasteiger partial charge in [0.25, 0.3) is 0 Å². The van der Waals surface area contributed by atoms with E-state index in [0.29, 0.717) is 5.56 Å². The van der Waals surface area contributed by atoms with Gasteiger partial charge in [-0.25, -0.2) is 0 Å². The summed E-state index contributed by atoms with van der Waals surface area (Å²) in [5.41, 5.74) is 0.497. The van der Waals surface area contributed by atoms with Crippen LogP contribution >= 0.6 is 0 Å². The van der Waals surface area contributed by atoms with E-state index in [1.54, 1.807) is 51.1 Å². The van der Waals surface area contributed by atoms with Crippen LogP contribution in [0.2, 0.25) is 0 Å². The first kappa shape index (κ1) is 18.7. The molecule has 0 spiro atoms. The van der Waals surface area contributed by atoms with Crippen LogP contribution in [-0.2, 0) is 28.6 Å². The summed E-state index contributed by atoms with van der Waals surface area (Å²) in [6.45, 7) is 5.24. The van der Waals surface area contributed by atoms with Crippen LogP contribution in [-0.4, -0.2) is 37.7 Å². The van der Waals surface area contributed by atoms with Gasteiger partial charge in [0.2, 0.25) is 0 Å². The summed E-state index contributed by atoms with van der Waals surface area (Å²) in [4.78, 5) is 36.9. The van der Waals surface area contributed by atoms with Gasteiger partial charge in [-0.05, 0) is 26.3 Å². The fourth-order valence-electron chi connectivity index (χ4n) is 2.19. The number of hydrogen-bond acceptors (Lipinski definition) is 6. The number of ether oxygens (including phenoxy) is 3. The number of rotatable bonds is 8. The van der Waals surface area contributed by atoms with Crippen LogP contribution in [0, 0.1) is 5.92 Å². The molecule has 1 aromatic carbocycles. The highest BCUT2D eigenvalue weighted by Crippen LogP contribution is 2.29. The number of hydrogen-bond donors (Lipinski definition) is 0. The Hall–Kier alpha value is -2.37. The first-order valence-corrected chi connectivity index (χ1v) is 7.61. The van der Waals surface area contributed by atoms with Crippen LogP contribution in [0.25, 0.3) is 0 Å². The zero-order chi connectivity index (χ0) is 17.2. The SMILES string of the molecule is CCOC(=O)C(C(=O)OCC)C(C(=O)OCC)c1ccccc1. The Morgan fingerprint density at radius 1 is 0.783 bits per heavy atom. The van der Waals surface area contributed by atoms with Crippen molar-refractivity contribution >= 4 is 17.9 Å². The molecule has 0 amide bonds. The Morgan fingerprint density at radius 3 is 1.65 bits per heavy atom. The zero-order valence-electron chi connectivity index (χ0n) is 13.6. The molecule has 6 heteroatoms. The molecule has 1 unspecified atom stereocenters. The van der Waals surface area contributed by atoms with Gasteiger partial charge in [0.1, 0.15) is 5.92 Å². The highest BCUT2D eigenvalue weighted by atomic mass is 16.6. The molecule has 0 aliphatic rings. The van der Waals surface area contributed by atoms with E-state index in [0.717, 1.165) is 0 Å². The molecule has 0 saturated heterocycles. The number of carbonyl (C=O) groups is 3. The lowest BCUT2D eigenvalue weighted by Gasteiger charge is -2.23. The molecular formula is C17H22O6. The van der Waals surface area contributed by atoms with E-state index in [1.165, 1.54) is 0 Å². The fourth-order valence-corrected chi connectivity index (χ4v) is 2.19. The van der Waals surface area contributed by atoms with E-state index in [1.807, 2.05) is 0 Å². The molecule has 0 fully saturated rings. The van der Waals surface area contributed by atoms with Crippen molar-refractivity contribution in [3.05, 3.63) is 35.9 Å². The van der Waals surface area contributed by atoms with Gasteiger partial charge in [-0.1, -0.05) is 30.3 Å². The molecule has 1 aromatic rings. The summed E-state index contributed by atoms with van der Waals surface area (Å²) in [6.07, 6.45) is 0. The maximum Gasteiger partial charge on any atom is 0.321 e. The van der Waals surface area contributed by atoms with Crippen LogP contribution in [0.15, 0.2) is 30.3 Å². The van der Waals surface area contributed by atoms with Crippen molar-refractivity contribution < 1.29 is 28.6 Å². The van der Waals surface area contributed by atoms with Crippen LogP contribution in [0.5, 0.6) is 0 Å². The molecule has 0 heterocycles. The number of esters is 3. The molecule has 126 valence electrons. The lowest BCUT2D eigenvalue weighted by molar-refractivity contribution is -0.168. The Balaban J connectivity index is 3.27. The summed E-state index contributed by atoms with van der Waals surface area (Å²) < 4.78 is 15.0. The summed E-state index contributed by atoms with van der Waals surface area (Å²) >= 11 is 0. The average molecular weight is 322 g/mol. The highest BCUT2D eigenvalue weighted by molar-refractivity contribution is 6.01. The highest BCUT2D eigenvalue weighted by Gasteiger charge is 2.43. The quantitative estimate of drug-likeness (QED) is 0.414. The van der Waals surface area contributed by atoms with Gasteiger partial charge in [-0.3, -0.25) is 14.4 Å². The second-order valence-corrected chi connectivity index (χ2v) is 4.62. The van der Waals surface area contributed by atoms with Crippen LogP contribution in [0.1, 0.15) is 32.3 Å². The first-order chi connectivity index (χ1) is 11.1. The second kappa shape index (κ2) is 9.61. The van der Waals surface area contributed by atoms with Crippen molar-refractivity contribution in [1.82, 2.24) is 0 Å². The third-order valence-electron chi connectivity index (χ3n) is 3.11. The van der Waals surface area contributed by atoms with Gasteiger partial charge < -0.3 is 14.2 Å². The molecule has 0 N–H and O–H groups in total. The summed E-state index contributed by atoms with van der Waals surface area (Å²) in [5.74, 6) is -4.75. The lowest BCUT2D eigenvalue weighted by Crippen LogP contribution is -2.37. The van der Waals surface area contributed by atoms with E-state index >= 15 is 0 Å². The minimum Gasteiger partial charge on any atom is -0.465 e. The van der Waals surface area contributed by atoms with Gasteiger partial charge >= 0.3 is 17.9 Å². The van der Waals surface area contributed by atoms with Crippen LogP contribution < -0.4 is 0 Å². The fraction of sp³-hybridized carbons (Fsp3) is 0.471. The normalized spacial score (nSPS) is 11.7. The third-order valence-corrected chi connectivity index (χ3v) is 3.11. The number of carbonyl (C=O) groups excluding carboxylic acids is 3. The Kier molecular flexibility index (Phi) is 7.80. The standard InChI is InChI=1S/C17H22O6/c1-4-21-15(18)13(12-10-8-7-9-11-12)14(16(19)22-5-2)17(20)23-6-3/h7-11,13-14H,4-6H2,1-3H3. The van der Waals surface area contributed by atoms with Crippen molar-refractivity contribution in [3.8, 4) is 0 Å². The molecule has 1 rings (SSSR count). The van der Waals surface area contributed by atoms with Gasteiger partial charge in [0.05, 0.1) is 19.8 Å². The monoisotopic (exact) mass is 322 g/mol. The lowest BCUT2D eigenvalue weighted by atomic mass is 9.86. The zero-order valence-corrected chi connectivity index (χ0v) is 13.6. The van der Waals surface area contributed by atoms with Gasteiger partial charge in [0.15, 0.2) is 5.92 Å². The van der Waals surface area contributed by atoms with E-state index in [4.69, 9.17) is 14.2 Å². The largest absolute Gasteiger partial charge is 0.465 e. The topological polar surface area (TPSA) is 78.9 Å². The second-order valence-electron chi connectivity index (χ2n) is 4.62. The minimum atomic E-state index is -1.39.